The second-order valence-electron chi connectivity index (χ2n) is 4.42. The maximum atomic E-state index is 5.60. The Labute approximate surface area is 99.0 Å². The van der Waals surface area contributed by atoms with E-state index in [0.717, 1.165) is 17.9 Å². The Bertz CT molecular complexity index is 501. The smallest absolute Gasteiger partial charge is 0.248 e. The van der Waals surface area contributed by atoms with Gasteiger partial charge in [-0.1, -0.05) is 24.2 Å². The van der Waals surface area contributed by atoms with E-state index in [0.29, 0.717) is 24.2 Å². The molecule has 2 heterocycles. The van der Waals surface area contributed by atoms with Gasteiger partial charge in [0.05, 0.1) is 5.69 Å². The van der Waals surface area contributed by atoms with E-state index >= 15 is 0 Å². The van der Waals surface area contributed by atoms with Crippen molar-refractivity contribution >= 4 is 5.82 Å². The highest BCUT2D eigenvalue weighted by Crippen LogP contribution is 2.09. The first-order valence-electron chi connectivity index (χ1n) is 5.53. The number of rotatable bonds is 4. The first-order chi connectivity index (χ1) is 8.06. The van der Waals surface area contributed by atoms with Crippen LogP contribution in [0.2, 0.25) is 0 Å². The van der Waals surface area contributed by atoms with Gasteiger partial charge in [-0.05, 0) is 12.8 Å². The number of hydrogen-bond donors (Lipinski definition) is 1. The van der Waals surface area contributed by atoms with Crippen molar-refractivity contribution in [3.05, 3.63) is 17.4 Å². The Morgan fingerprint density at radius 1 is 1.41 bits per heavy atom. The van der Waals surface area contributed by atoms with Gasteiger partial charge in [0.25, 0.3) is 0 Å². The van der Waals surface area contributed by atoms with Crippen LogP contribution in [-0.2, 0) is 13.0 Å². The summed E-state index contributed by atoms with van der Waals surface area (Å²) in [5, 5.41) is 11.6. The summed E-state index contributed by atoms with van der Waals surface area (Å²) in [5.74, 6) is 2.17. The number of nitrogens with zero attached hydrogens (tertiary/aromatic N) is 5. The van der Waals surface area contributed by atoms with Crippen molar-refractivity contribution in [2.75, 3.05) is 5.73 Å². The van der Waals surface area contributed by atoms with Crippen LogP contribution < -0.4 is 5.73 Å². The predicted molar refractivity (Wildman–Crippen MR) is 61.1 cm³/mol. The molecular formula is C10H16N6O. The molecule has 17 heavy (non-hydrogen) atoms. The number of nitrogen functional groups attached to an aromatic ring is 1. The van der Waals surface area contributed by atoms with Gasteiger partial charge < -0.3 is 10.3 Å². The molecule has 0 aliphatic carbocycles. The van der Waals surface area contributed by atoms with Crippen LogP contribution in [0.15, 0.2) is 4.52 Å². The molecule has 7 heteroatoms. The maximum absolute atomic E-state index is 5.60. The third-order valence-electron chi connectivity index (χ3n) is 2.40. The van der Waals surface area contributed by atoms with Crippen LogP contribution in [-0.4, -0.2) is 25.1 Å². The number of aromatic nitrogens is 5. The lowest BCUT2D eigenvalue weighted by molar-refractivity contribution is 0.357. The summed E-state index contributed by atoms with van der Waals surface area (Å²) in [7, 11) is 0. The normalized spacial score (nSPS) is 11.3. The number of hydrogen-bond acceptors (Lipinski definition) is 6. The zero-order valence-corrected chi connectivity index (χ0v) is 10.2. The third kappa shape index (κ3) is 2.61. The maximum Gasteiger partial charge on any atom is 0.248 e. The molecule has 0 saturated heterocycles. The lowest BCUT2D eigenvalue weighted by Crippen LogP contribution is -2.05. The lowest BCUT2D eigenvalue weighted by atomic mass is 10.1. The van der Waals surface area contributed by atoms with Gasteiger partial charge in [0.1, 0.15) is 6.54 Å². The highest BCUT2D eigenvalue weighted by atomic mass is 16.5. The zero-order valence-electron chi connectivity index (χ0n) is 10.2. The summed E-state index contributed by atoms with van der Waals surface area (Å²) >= 11 is 0. The molecule has 92 valence electrons. The Kier molecular flexibility index (Phi) is 3.08. The molecule has 7 nitrogen and oxygen atoms in total. The molecule has 0 unspecified atom stereocenters. The Morgan fingerprint density at radius 3 is 2.76 bits per heavy atom. The fraction of sp³-hybridized carbons (Fsp3) is 0.600. The second kappa shape index (κ2) is 4.52. The van der Waals surface area contributed by atoms with Crippen molar-refractivity contribution < 1.29 is 4.52 Å². The van der Waals surface area contributed by atoms with Crippen molar-refractivity contribution in [1.29, 1.82) is 0 Å². The first-order valence-corrected chi connectivity index (χ1v) is 5.53. The topological polar surface area (TPSA) is 95.7 Å². The standard InChI is InChI=1S/C10H16N6O/c1-6(2)4-8-12-9(17-14-8)5-16-7(3)10(11)13-15-16/h6H,4-5,11H2,1-3H3. The molecule has 0 fully saturated rings. The van der Waals surface area contributed by atoms with Crippen LogP contribution in [0.5, 0.6) is 0 Å². The van der Waals surface area contributed by atoms with E-state index in [1.165, 1.54) is 0 Å². The van der Waals surface area contributed by atoms with Crippen LogP contribution in [0.3, 0.4) is 0 Å². The molecule has 0 spiro atoms. The van der Waals surface area contributed by atoms with Gasteiger partial charge in [-0.15, -0.1) is 5.10 Å². The number of anilines is 1. The van der Waals surface area contributed by atoms with Gasteiger partial charge in [0, 0.05) is 6.42 Å². The van der Waals surface area contributed by atoms with Crippen molar-refractivity contribution in [3.8, 4) is 0 Å². The van der Waals surface area contributed by atoms with E-state index < -0.39 is 0 Å². The van der Waals surface area contributed by atoms with Crippen LogP contribution >= 0.6 is 0 Å². The summed E-state index contributed by atoms with van der Waals surface area (Å²) in [6.07, 6.45) is 0.808. The average Bonchev–Trinajstić information content (AvgIpc) is 2.80. The van der Waals surface area contributed by atoms with E-state index in [2.05, 4.69) is 34.3 Å². The molecule has 0 aromatic carbocycles. The Morgan fingerprint density at radius 2 is 2.18 bits per heavy atom. The van der Waals surface area contributed by atoms with Gasteiger partial charge in [-0.25, -0.2) is 4.68 Å². The minimum absolute atomic E-state index is 0.404. The molecule has 2 N–H and O–H groups in total. The van der Waals surface area contributed by atoms with E-state index in [-0.39, 0.29) is 0 Å². The van der Waals surface area contributed by atoms with Crippen LogP contribution in [0.4, 0.5) is 5.82 Å². The fourth-order valence-corrected chi connectivity index (χ4v) is 1.45. The van der Waals surface area contributed by atoms with Crippen LogP contribution in [0, 0.1) is 12.8 Å². The van der Waals surface area contributed by atoms with Crippen molar-refractivity contribution in [1.82, 2.24) is 25.1 Å². The van der Waals surface area contributed by atoms with E-state index in [1.807, 2.05) is 6.92 Å². The van der Waals surface area contributed by atoms with Crippen molar-refractivity contribution in [3.63, 3.8) is 0 Å². The summed E-state index contributed by atoms with van der Waals surface area (Å²) in [6, 6.07) is 0. The molecule has 0 amide bonds. The SMILES string of the molecule is Cc1c(N)nnn1Cc1nc(CC(C)C)no1. The van der Waals surface area contributed by atoms with Crippen LogP contribution in [0.1, 0.15) is 31.3 Å². The van der Waals surface area contributed by atoms with Gasteiger partial charge in [-0.2, -0.15) is 4.98 Å². The molecule has 2 aromatic heterocycles. The average molecular weight is 236 g/mol. The molecular weight excluding hydrogens is 220 g/mol. The zero-order chi connectivity index (χ0) is 12.4. The van der Waals surface area contributed by atoms with Crippen molar-refractivity contribution in [2.24, 2.45) is 5.92 Å². The van der Waals surface area contributed by atoms with Crippen molar-refractivity contribution in [2.45, 2.75) is 33.7 Å². The molecule has 0 aliphatic rings. The second-order valence-corrected chi connectivity index (χ2v) is 4.42. The minimum atomic E-state index is 0.404. The highest BCUT2D eigenvalue weighted by molar-refractivity contribution is 5.31. The summed E-state index contributed by atoms with van der Waals surface area (Å²) in [4.78, 5) is 4.29. The molecule has 0 radical (unpaired) electrons. The summed E-state index contributed by atoms with van der Waals surface area (Å²) < 4.78 is 6.78. The third-order valence-corrected chi connectivity index (χ3v) is 2.40. The van der Waals surface area contributed by atoms with E-state index in [9.17, 15) is 0 Å². The molecule has 2 aromatic rings. The molecule has 2 rings (SSSR count). The van der Waals surface area contributed by atoms with Gasteiger partial charge in [0.2, 0.25) is 5.89 Å². The first kappa shape index (κ1) is 11.6. The highest BCUT2D eigenvalue weighted by Gasteiger charge is 2.11. The van der Waals surface area contributed by atoms with Gasteiger partial charge in [-0.3, -0.25) is 0 Å². The van der Waals surface area contributed by atoms with Gasteiger partial charge >= 0.3 is 0 Å². The molecule has 0 bridgehead atoms. The fourth-order valence-electron chi connectivity index (χ4n) is 1.45. The number of nitrogens with two attached hydrogens (primary N) is 1. The lowest BCUT2D eigenvalue weighted by Gasteiger charge is -1.98. The molecule has 0 saturated carbocycles. The monoisotopic (exact) mass is 236 g/mol. The van der Waals surface area contributed by atoms with Gasteiger partial charge in [0.15, 0.2) is 11.6 Å². The molecule has 0 atom stereocenters. The van der Waals surface area contributed by atoms with E-state index in [1.54, 1.807) is 4.68 Å². The quantitative estimate of drug-likeness (QED) is 0.843. The Balaban J connectivity index is 2.09. The largest absolute Gasteiger partial charge is 0.381 e. The predicted octanol–water partition coefficient (Wildman–Crippen LogP) is 0.799. The van der Waals surface area contributed by atoms with E-state index in [4.69, 9.17) is 10.3 Å². The van der Waals surface area contributed by atoms with Crippen LogP contribution in [0.25, 0.3) is 0 Å². The minimum Gasteiger partial charge on any atom is -0.381 e. The Hall–Kier alpha value is -1.92. The molecule has 0 aliphatic heterocycles. The summed E-state index contributed by atoms with van der Waals surface area (Å²) in [6.45, 7) is 6.47. The summed E-state index contributed by atoms with van der Waals surface area (Å²) in [5.41, 5.74) is 6.40.